The lowest BCUT2D eigenvalue weighted by atomic mass is 10.1. The highest BCUT2D eigenvalue weighted by Gasteiger charge is 2.12. The van der Waals surface area contributed by atoms with Gasteiger partial charge < -0.3 is 4.74 Å². The van der Waals surface area contributed by atoms with Crippen LogP contribution in [-0.4, -0.2) is 30.5 Å². The van der Waals surface area contributed by atoms with E-state index < -0.39 is 0 Å². The third-order valence-corrected chi connectivity index (χ3v) is 3.38. The van der Waals surface area contributed by atoms with Gasteiger partial charge in [-0.15, -0.1) is 11.6 Å². The van der Waals surface area contributed by atoms with Crippen LogP contribution in [0.25, 0.3) is 0 Å². The monoisotopic (exact) mass is 319 g/mol. The molecule has 0 aliphatic rings. The lowest BCUT2D eigenvalue weighted by Crippen LogP contribution is -2.32. The van der Waals surface area contributed by atoms with Crippen molar-refractivity contribution in [2.45, 2.75) is 26.4 Å². The lowest BCUT2D eigenvalue weighted by molar-refractivity contribution is 0.223. The molecule has 0 fully saturated rings. The van der Waals surface area contributed by atoms with Crippen molar-refractivity contribution in [2.75, 3.05) is 19.5 Å². The highest BCUT2D eigenvalue weighted by molar-refractivity contribution is 9.10. The van der Waals surface area contributed by atoms with Gasteiger partial charge in [0, 0.05) is 35.0 Å². The van der Waals surface area contributed by atoms with Crippen molar-refractivity contribution in [1.29, 1.82) is 0 Å². The highest BCUT2D eigenvalue weighted by Crippen LogP contribution is 2.24. The Bertz CT molecular complexity index is 357. The molecule has 0 aliphatic heterocycles. The Kier molecular flexibility index (Phi) is 6.31. The molecule has 4 heteroatoms. The minimum Gasteiger partial charge on any atom is -0.496 e. The maximum atomic E-state index is 5.83. The van der Waals surface area contributed by atoms with Crippen molar-refractivity contribution in [3.63, 3.8) is 0 Å². The predicted molar refractivity (Wildman–Crippen MR) is 77.0 cm³/mol. The second-order valence-corrected chi connectivity index (χ2v) is 5.50. The van der Waals surface area contributed by atoms with Gasteiger partial charge in [-0.3, -0.25) is 4.90 Å². The minimum atomic E-state index is 0.470. The van der Waals surface area contributed by atoms with Crippen LogP contribution in [0.5, 0.6) is 5.75 Å². The van der Waals surface area contributed by atoms with Crippen molar-refractivity contribution in [2.24, 2.45) is 0 Å². The molecule has 0 heterocycles. The third kappa shape index (κ3) is 4.49. The summed E-state index contributed by atoms with van der Waals surface area (Å²) in [5.41, 5.74) is 1.18. The fourth-order valence-electron chi connectivity index (χ4n) is 1.72. The highest BCUT2D eigenvalue weighted by atomic mass is 79.9. The first-order valence-corrected chi connectivity index (χ1v) is 7.03. The zero-order chi connectivity index (χ0) is 12.8. The fraction of sp³-hybridized carbons (Fsp3) is 0.538. The van der Waals surface area contributed by atoms with E-state index in [2.05, 4.69) is 40.7 Å². The van der Waals surface area contributed by atoms with Crippen molar-refractivity contribution in [3.8, 4) is 5.75 Å². The number of rotatable bonds is 6. The summed E-state index contributed by atoms with van der Waals surface area (Å²) in [4.78, 5) is 2.33. The molecule has 0 aromatic heterocycles. The average Bonchev–Trinajstić information content (AvgIpc) is 2.28. The Morgan fingerprint density at radius 3 is 2.65 bits per heavy atom. The van der Waals surface area contributed by atoms with Gasteiger partial charge in [-0.2, -0.15) is 0 Å². The molecule has 1 rings (SSSR count). The first-order valence-electron chi connectivity index (χ1n) is 5.71. The number of halogens is 2. The van der Waals surface area contributed by atoms with Gasteiger partial charge in [0.25, 0.3) is 0 Å². The van der Waals surface area contributed by atoms with Crippen molar-refractivity contribution in [3.05, 3.63) is 28.2 Å². The lowest BCUT2D eigenvalue weighted by Gasteiger charge is -2.26. The molecule has 0 saturated carbocycles. The van der Waals surface area contributed by atoms with Crippen LogP contribution >= 0.6 is 27.5 Å². The second kappa shape index (κ2) is 7.24. The molecular formula is C13H19BrClNO. The number of alkyl halides is 1. The first-order chi connectivity index (χ1) is 8.08. The van der Waals surface area contributed by atoms with Crippen LogP contribution in [0.2, 0.25) is 0 Å². The molecule has 0 atom stereocenters. The average molecular weight is 321 g/mol. The molecule has 0 aliphatic carbocycles. The number of nitrogens with zero attached hydrogens (tertiary/aromatic N) is 1. The number of benzene rings is 1. The summed E-state index contributed by atoms with van der Waals surface area (Å²) < 4.78 is 6.45. The molecule has 0 radical (unpaired) electrons. The summed E-state index contributed by atoms with van der Waals surface area (Å²) >= 11 is 9.32. The van der Waals surface area contributed by atoms with Crippen molar-refractivity contribution >= 4 is 27.5 Å². The number of hydrogen-bond acceptors (Lipinski definition) is 2. The first kappa shape index (κ1) is 14.8. The van der Waals surface area contributed by atoms with E-state index >= 15 is 0 Å². The van der Waals surface area contributed by atoms with Crippen LogP contribution in [0.4, 0.5) is 0 Å². The molecule has 0 amide bonds. The molecule has 2 nitrogen and oxygen atoms in total. The molecule has 17 heavy (non-hydrogen) atoms. The molecule has 0 N–H and O–H groups in total. The molecule has 1 aromatic carbocycles. The molecule has 0 unspecified atom stereocenters. The summed E-state index contributed by atoms with van der Waals surface area (Å²) in [5, 5.41) is 0. The van der Waals surface area contributed by atoms with E-state index in [9.17, 15) is 0 Å². The normalized spacial score (nSPS) is 11.2. The van der Waals surface area contributed by atoms with E-state index in [1.807, 2.05) is 12.1 Å². The molecular weight excluding hydrogens is 302 g/mol. The van der Waals surface area contributed by atoms with Crippen molar-refractivity contribution in [1.82, 2.24) is 4.90 Å². The zero-order valence-electron chi connectivity index (χ0n) is 10.5. The topological polar surface area (TPSA) is 12.5 Å². The molecule has 96 valence electrons. The van der Waals surface area contributed by atoms with Crippen LogP contribution in [0.3, 0.4) is 0 Å². The summed E-state index contributed by atoms with van der Waals surface area (Å²) in [6.07, 6.45) is 0. The van der Waals surface area contributed by atoms with E-state index in [1.54, 1.807) is 7.11 Å². The SMILES string of the molecule is COc1ccc(Br)cc1CN(CCCl)C(C)C. The summed E-state index contributed by atoms with van der Waals surface area (Å²) in [5.74, 6) is 1.57. The minimum absolute atomic E-state index is 0.470. The Morgan fingerprint density at radius 1 is 1.41 bits per heavy atom. The van der Waals surface area contributed by atoms with Gasteiger partial charge in [-0.1, -0.05) is 15.9 Å². The summed E-state index contributed by atoms with van der Waals surface area (Å²) in [7, 11) is 1.70. The second-order valence-electron chi connectivity index (χ2n) is 4.21. The van der Waals surface area contributed by atoms with E-state index in [-0.39, 0.29) is 0 Å². The van der Waals surface area contributed by atoms with Gasteiger partial charge in [-0.05, 0) is 32.0 Å². The Morgan fingerprint density at radius 2 is 2.12 bits per heavy atom. The maximum Gasteiger partial charge on any atom is 0.123 e. The van der Waals surface area contributed by atoms with E-state index in [0.717, 1.165) is 23.3 Å². The van der Waals surface area contributed by atoms with Crippen LogP contribution in [0.15, 0.2) is 22.7 Å². The Balaban J connectivity index is 2.87. The number of hydrogen-bond donors (Lipinski definition) is 0. The van der Waals surface area contributed by atoms with Gasteiger partial charge in [0.2, 0.25) is 0 Å². The predicted octanol–water partition coefficient (Wildman–Crippen LogP) is 3.91. The molecule has 1 aromatic rings. The van der Waals surface area contributed by atoms with Gasteiger partial charge in [0.05, 0.1) is 7.11 Å². The number of ether oxygens (including phenoxy) is 1. The van der Waals surface area contributed by atoms with Gasteiger partial charge in [0.15, 0.2) is 0 Å². The molecule has 0 bridgehead atoms. The standard InChI is InChI=1S/C13H19BrClNO/c1-10(2)16(7-6-15)9-11-8-12(14)4-5-13(11)17-3/h4-5,8,10H,6-7,9H2,1-3H3. The summed E-state index contributed by atoms with van der Waals surface area (Å²) in [6.45, 7) is 6.09. The Hall–Kier alpha value is -0.250. The van der Waals surface area contributed by atoms with Crippen molar-refractivity contribution < 1.29 is 4.74 Å². The quantitative estimate of drug-likeness (QED) is 0.737. The van der Waals surface area contributed by atoms with Crippen LogP contribution in [0.1, 0.15) is 19.4 Å². The van der Waals surface area contributed by atoms with Gasteiger partial charge in [-0.25, -0.2) is 0 Å². The zero-order valence-corrected chi connectivity index (χ0v) is 12.9. The van der Waals surface area contributed by atoms with Gasteiger partial charge in [0.1, 0.15) is 5.75 Å². The molecule has 0 spiro atoms. The van der Waals surface area contributed by atoms with Gasteiger partial charge >= 0.3 is 0 Å². The smallest absolute Gasteiger partial charge is 0.123 e. The fourth-order valence-corrected chi connectivity index (χ4v) is 2.34. The Labute approximate surface area is 117 Å². The third-order valence-electron chi connectivity index (χ3n) is 2.72. The van der Waals surface area contributed by atoms with E-state index in [0.29, 0.717) is 11.9 Å². The van der Waals surface area contributed by atoms with E-state index in [1.165, 1.54) is 5.56 Å². The van der Waals surface area contributed by atoms with Crippen LogP contribution < -0.4 is 4.74 Å². The van der Waals surface area contributed by atoms with Crippen LogP contribution in [0, 0.1) is 0 Å². The van der Waals surface area contributed by atoms with Crippen LogP contribution in [-0.2, 0) is 6.54 Å². The largest absolute Gasteiger partial charge is 0.496 e. The summed E-state index contributed by atoms with van der Waals surface area (Å²) in [6, 6.07) is 6.54. The number of methoxy groups -OCH3 is 1. The van der Waals surface area contributed by atoms with E-state index in [4.69, 9.17) is 16.3 Å². The molecule has 0 saturated heterocycles. The maximum absolute atomic E-state index is 5.83.